The van der Waals surface area contributed by atoms with Crippen molar-refractivity contribution in [1.29, 1.82) is 0 Å². The number of nitrogens with zero attached hydrogens (tertiary/aromatic N) is 4. The van der Waals surface area contributed by atoms with Crippen LogP contribution in [0.2, 0.25) is 0 Å². The molecule has 7 nitrogen and oxygen atoms in total. The zero-order chi connectivity index (χ0) is 21.6. The van der Waals surface area contributed by atoms with E-state index in [1.165, 1.54) is 29.5 Å². The van der Waals surface area contributed by atoms with E-state index in [9.17, 15) is 10.2 Å². The van der Waals surface area contributed by atoms with Crippen LogP contribution >= 0.6 is 11.3 Å². The third-order valence-electron chi connectivity index (χ3n) is 4.41. The molecule has 4 rings (SSSR count). The Morgan fingerprint density at radius 2 is 1.71 bits per heavy atom. The molecule has 0 amide bonds. The van der Waals surface area contributed by atoms with Crippen LogP contribution in [0.25, 0.3) is 11.3 Å². The van der Waals surface area contributed by atoms with Crippen LogP contribution in [0.4, 0.5) is 16.5 Å². The lowest BCUT2D eigenvalue weighted by Gasteiger charge is -2.02. The Hall–Kier alpha value is -4.04. The maximum absolute atomic E-state index is 9.76. The van der Waals surface area contributed by atoms with Crippen LogP contribution in [0.1, 0.15) is 12.5 Å². The second-order valence-electron chi connectivity index (χ2n) is 6.63. The highest BCUT2D eigenvalue weighted by Gasteiger charge is 2.05. The highest BCUT2D eigenvalue weighted by atomic mass is 32.1. The number of hydrogen-bond acceptors (Lipinski definition) is 8. The van der Waals surface area contributed by atoms with Gasteiger partial charge in [0.2, 0.25) is 5.13 Å². The minimum absolute atomic E-state index is 0.0294. The molecule has 3 N–H and O–H groups in total. The first-order valence-electron chi connectivity index (χ1n) is 9.44. The zero-order valence-corrected chi connectivity index (χ0v) is 17.4. The first-order chi connectivity index (χ1) is 15.1. The van der Waals surface area contributed by atoms with Gasteiger partial charge in [0, 0.05) is 17.0 Å². The summed E-state index contributed by atoms with van der Waals surface area (Å²) in [5.74, 6) is -0.162. The number of hydrazone groups is 1. The molecule has 154 valence electrons. The molecule has 0 radical (unpaired) electrons. The fraction of sp³-hybridized carbons (Fsp3) is 0.0435. The third-order valence-corrected chi connectivity index (χ3v) is 5.16. The van der Waals surface area contributed by atoms with Gasteiger partial charge in [-0.3, -0.25) is 5.43 Å². The largest absolute Gasteiger partial charge is 0.508 e. The number of anilines is 1. The summed E-state index contributed by atoms with van der Waals surface area (Å²) in [6.07, 6.45) is 0. The third kappa shape index (κ3) is 5.12. The van der Waals surface area contributed by atoms with Gasteiger partial charge in [-0.25, -0.2) is 4.98 Å². The van der Waals surface area contributed by atoms with Crippen molar-refractivity contribution < 1.29 is 10.2 Å². The van der Waals surface area contributed by atoms with Gasteiger partial charge in [0.05, 0.1) is 17.1 Å². The quantitative estimate of drug-likeness (QED) is 0.186. The van der Waals surface area contributed by atoms with Crippen molar-refractivity contribution in [2.75, 3.05) is 5.43 Å². The molecule has 31 heavy (non-hydrogen) atoms. The number of nitrogens with one attached hydrogen (secondary N) is 1. The van der Waals surface area contributed by atoms with Crippen LogP contribution in [0, 0.1) is 0 Å². The van der Waals surface area contributed by atoms with Crippen molar-refractivity contribution in [3.8, 4) is 22.8 Å². The van der Waals surface area contributed by atoms with E-state index in [0.717, 1.165) is 27.7 Å². The fourth-order valence-electron chi connectivity index (χ4n) is 2.74. The standard InChI is InChI=1S/C23H19N5O2S/c1-15(25-28-23-24-21(14-31-23)17-5-3-2-4-6-17)16-7-9-18(10-8-16)26-27-20-12-11-19(29)13-22(20)30/h2-14,29-30H,1H3,(H,24,28). The summed E-state index contributed by atoms with van der Waals surface area (Å²) in [6, 6.07) is 21.6. The SMILES string of the molecule is CC(=NNc1nc(-c2ccccc2)cs1)c1ccc(N=Nc2ccc(O)cc2O)cc1. The van der Waals surface area contributed by atoms with E-state index in [0.29, 0.717) is 5.69 Å². The molecule has 0 saturated carbocycles. The molecule has 0 fully saturated rings. The second kappa shape index (κ2) is 9.19. The summed E-state index contributed by atoms with van der Waals surface area (Å²) in [4.78, 5) is 4.56. The summed E-state index contributed by atoms with van der Waals surface area (Å²) in [6.45, 7) is 1.91. The van der Waals surface area contributed by atoms with Gasteiger partial charge in [-0.05, 0) is 36.8 Å². The molecule has 0 aliphatic rings. The molecule has 0 spiro atoms. The van der Waals surface area contributed by atoms with Crippen molar-refractivity contribution >= 4 is 33.6 Å². The van der Waals surface area contributed by atoms with Crippen LogP contribution in [0.3, 0.4) is 0 Å². The van der Waals surface area contributed by atoms with E-state index in [1.807, 2.05) is 66.9 Å². The molecule has 1 aromatic heterocycles. The topological polar surface area (TPSA) is 102 Å². The van der Waals surface area contributed by atoms with E-state index in [1.54, 1.807) is 0 Å². The predicted octanol–water partition coefficient (Wildman–Crippen LogP) is 6.47. The average Bonchev–Trinajstić information content (AvgIpc) is 3.27. The normalized spacial score (nSPS) is 11.7. The Morgan fingerprint density at radius 1 is 0.935 bits per heavy atom. The molecule has 0 atom stereocenters. The lowest BCUT2D eigenvalue weighted by Crippen LogP contribution is -1.99. The van der Waals surface area contributed by atoms with Crippen LogP contribution in [-0.4, -0.2) is 20.9 Å². The van der Waals surface area contributed by atoms with E-state index in [-0.39, 0.29) is 17.2 Å². The van der Waals surface area contributed by atoms with Gasteiger partial charge in [0.15, 0.2) is 0 Å². The highest BCUT2D eigenvalue weighted by molar-refractivity contribution is 7.14. The van der Waals surface area contributed by atoms with Crippen LogP contribution in [-0.2, 0) is 0 Å². The second-order valence-corrected chi connectivity index (χ2v) is 7.49. The van der Waals surface area contributed by atoms with Crippen LogP contribution in [0.5, 0.6) is 11.5 Å². The summed E-state index contributed by atoms with van der Waals surface area (Å²) >= 11 is 1.50. The molecule has 0 aliphatic heterocycles. The number of hydrogen-bond donors (Lipinski definition) is 3. The fourth-order valence-corrected chi connectivity index (χ4v) is 3.40. The number of phenols is 2. The van der Waals surface area contributed by atoms with Gasteiger partial charge in [0.1, 0.15) is 17.2 Å². The molecule has 3 aromatic carbocycles. The van der Waals surface area contributed by atoms with Crippen molar-refractivity contribution in [2.45, 2.75) is 6.92 Å². The van der Waals surface area contributed by atoms with Gasteiger partial charge in [-0.2, -0.15) is 10.2 Å². The molecular formula is C23H19N5O2S. The van der Waals surface area contributed by atoms with Gasteiger partial charge >= 0.3 is 0 Å². The molecule has 0 unspecified atom stereocenters. The average molecular weight is 430 g/mol. The van der Waals surface area contributed by atoms with E-state index in [2.05, 4.69) is 25.7 Å². The molecule has 0 aliphatic carbocycles. The number of phenolic OH excluding ortho intramolecular Hbond substituents is 2. The molecule has 4 aromatic rings. The Kier molecular flexibility index (Phi) is 6.00. The van der Waals surface area contributed by atoms with Crippen molar-refractivity contribution in [3.05, 3.63) is 83.7 Å². The van der Waals surface area contributed by atoms with Gasteiger partial charge in [0.25, 0.3) is 0 Å². The minimum Gasteiger partial charge on any atom is -0.508 e. The van der Waals surface area contributed by atoms with Crippen molar-refractivity contribution in [2.24, 2.45) is 15.3 Å². The molecule has 0 bridgehead atoms. The molecule has 0 saturated heterocycles. The van der Waals surface area contributed by atoms with E-state index < -0.39 is 0 Å². The maximum Gasteiger partial charge on any atom is 0.203 e. The number of azo groups is 1. The monoisotopic (exact) mass is 429 g/mol. The zero-order valence-electron chi connectivity index (χ0n) is 16.6. The van der Waals surface area contributed by atoms with E-state index in [4.69, 9.17) is 0 Å². The Morgan fingerprint density at radius 3 is 2.45 bits per heavy atom. The predicted molar refractivity (Wildman–Crippen MR) is 124 cm³/mol. The number of thiazole rings is 1. The molecule has 8 heteroatoms. The highest BCUT2D eigenvalue weighted by Crippen LogP contribution is 2.31. The molecular weight excluding hydrogens is 410 g/mol. The van der Waals surface area contributed by atoms with Crippen LogP contribution < -0.4 is 5.43 Å². The Balaban J connectivity index is 1.41. The van der Waals surface area contributed by atoms with Crippen LogP contribution in [0.15, 0.2) is 93.5 Å². The smallest absolute Gasteiger partial charge is 0.203 e. The lowest BCUT2D eigenvalue weighted by atomic mass is 10.1. The van der Waals surface area contributed by atoms with Gasteiger partial charge < -0.3 is 10.2 Å². The summed E-state index contributed by atoms with van der Waals surface area (Å²) in [5.41, 5.74) is 7.63. The number of aromatic hydroxyl groups is 2. The first-order valence-corrected chi connectivity index (χ1v) is 10.3. The Bertz CT molecular complexity index is 1230. The number of rotatable bonds is 6. The summed E-state index contributed by atoms with van der Waals surface area (Å²) < 4.78 is 0. The Labute approximate surface area is 183 Å². The molecule has 1 heterocycles. The number of aromatic nitrogens is 1. The summed E-state index contributed by atoms with van der Waals surface area (Å²) in [5, 5.41) is 34.3. The number of benzene rings is 3. The van der Waals surface area contributed by atoms with Gasteiger partial charge in [-0.1, -0.05) is 42.5 Å². The van der Waals surface area contributed by atoms with Crippen molar-refractivity contribution in [3.63, 3.8) is 0 Å². The summed E-state index contributed by atoms with van der Waals surface area (Å²) in [7, 11) is 0. The lowest BCUT2D eigenvalue weighted by molar-refractivity contribution is 0.451. The maximum atomic E-state index is 9.76. The minimum atomic E-state index is -0.132. The van der Waals surface area contributed by atoms with Gasteiger partial charge in [-0.15, -0.1) is 16.5 Å². The first kappa shape index (κ1) is 20.2. The van der Waals surface area contributed by atoms with E-state index >= 15 is 0 Å². The van der Waals surface area contributed by atoms with Crippen molar-refractivity contribution in [1.82, 2.24) is 4.98 Å².